The van der Waals surface area contributed by atoms with E-state index >= 15 is 0 Å². The number of Topliss-reactive ketones (excluding diaryl/α,β-unsaturated/α-hetero) is 1. The Kier molecular flexibility index (Phi) is 3.86. The molecule has 0 radical (unpaired) electrons. The molecule has 0 atom stereocenters. The number of hydrogen-bond acceptors (Lipinski definition) is 3. The third-order valence-electron chi connectivity index (χ3n) is 1.70. The zero-order valence-electron chi connectivity index (χ0n) is 9.41. The summed E-state index contributed by atoms with van der Waals surface area (Å²) in [5.41, 5.74) is -0.342. The molecule has 0 aromatic heterocycles. The van der Waals surface area contributed by atoms with Crippen molar-refractivity contribution in [1.29, 1.82) is 0 Å². The topological polar surface area (TPSA) is 43.4 Å². The van der Waals surface area contributed by atoms with Gasteiger partial charge in [0.2, 0.25) is 0 Å². The monoisotopic (exact) mass is 284 g/mol. The lowest BCUT2D eigenvalue weighted by Gasteiger charge is -2.18. The number of rotatable bonds is 2. The van der Waals surface area contributed by atoms with Crippen LogP contribution in [0.15, 0.2) is 28.7 Å². The summed E-state index contributed by atoms with van der Waals surface area (Å²) in [6.45, 7) is 5.16. The number of benzene rings is 1. The van der Waals surface area contributed by atoms with Crippen LogP contribution in [-0.4, -0.2) is 17.4 Å². The average Bonchev–Trinajstić information content (AvgIpc) is 2.15. The number of hydrogen-bond donors (Lipinski definition) is 0. The average molecular weight is 285 g/mol. The van der Waals surface area contributed by atoms with Gasteiger partial charge in [-0.05, 0) is 32.9 Å². The van der Waals surface area contributed by atoms with Gasteiger partial charge in [-0.2, -0.15) is 0 Å². The van der Waals surface area contributed by atoms with E-state index in [4.69, 9.17) is 4.74 Å². The number of carbonyl (C=O) groups is 2. The minimum absolute atomic E-state index is 0.316. The zero-order valence-corrected chi connectivity index (χ0v) is 11.0. The summed E-state index contributed by atoms with van der Waals surface area (Å²) in [6.07, 6.45) is 0. The summed E-state index contributed by atoms with van der Waals surface area (Å²) in [4.78, 5) is 23.3. The SMILES string of the molecule is CC(C)(C)OC(=O)C(=O)c1ccccc1Br. The van der Waals surface area contributed by atoms with Gasteiger partial charge in [-0.3, -0.25) is 4.79 Å². The van der Waals surface area contributed by atoms with Crippen LogP contribution in [0.25, 0.3) is 0 Å². The number of carbonyl (C=O) groups excluding carboxylic acids is 2. The molecule has 0 saturated heterocycles. The standard InChI is InChI=1S/C12H13BrO3/c1-12(2,3)16-11(15)10(14)8-6-4-5-7-9(8)13/h4-7H,1-3H3. The lowest BCUT2D eigenvalue weighted by atomic mass is 10.1. The van der Waals surface area contributed by atoms with E-state index in [2.05, 4.69) is 15.9 Å². The first-order valence-electron chi connectivity index (χ1n) is 4.83. The molecule has 0 fully saturated rings. The summed E-state index contributed by atoms with van der Waals surface area (Å²) in [6, 6.07) is 6.76. The van der Waals surface area contributed by atoms with Gasteiger partial charge in [-0.15, -0.1) is 0 Å². The quantitative estimate of drug-likeness (QED) is 0.476. The van der Waals surface area contributed by atoms with E-state index in [1.54, 1.807) is 45.0 Å². The summed E-state index contributed by atoms with van der Waals surface area (Å²) in [5.74, 6) is -1.47. The molecule has 1 aromatic carbocycles. The second kappa shape index (κ2) is 4.78. The minimum Gasteiger partial charge on any atom is -0.454 e. The molecule has 0 spiro atoms. The minimum atomic E-state index is -0.834. The van der Waals surface area contributed by atoms with Crippen molar-refractivity contribution >= 4 is 27.7 Å². The summed E-state index contributed by atoms with van der Waals surface area (Å²) in [5, 5.41) is 0. The van der Waals surface area contributed by atoms with E-state index in [9.17, 15) is 9.59 Å². The Hall–Kier alpha value is -1.16. The van der Waals surface area contributed by atoms with E-state index in [0.717, 1.165) is 0 Å². The van der Waals surface area contributed by atoms with Gasteiger partial charge in [0, 0.05) is 10.0 Å². The van der Waals surface area contributed by atoms with E-state index in [0.29, 0.717) is 10.0 Å². The van der Waals surface area contributed by atoms with Crippen molar-refractivity contribution in [1.82, 2.24) is 0 Å². The maximum Gasteiger partial charge on any atom is 0.380 e. The van der Waals surface area contributed by atoms with Crippen LogP contribution in [0.1, 0.15) is 31.1 Å². The second-order valence-electron chi connectivity index (χ2n) is 4.31. The molecule has 0 saturated carbocycles. The molecule has 1 rings (SSSR count). The van der Waals surface area contributed by atoms with Crippen LogP contribution in [0.4, 0.5) is 0 Å². The number of esters is 1. The van der Waals surface area contributed by atoms with Gasteiger partial charge in [0.05, 0.1) is 0 Å². The molecule has 3 nitrogen and oxygen atoms in total. The highest BCUT2D eigenvalue weighted by atomic mass is 79.9. The lowest BCUT2D eigenvalue weighted by Crippen LogP contribution is -2.29. The lowest BCUT2D eigenvalue weighted by molar-refractivity contribution is -0.148. The van der Waals surface area contributed by atoms with Gasteiger partial charge in [-0.1, -0.05) is 28.1 Å². The van der Waals surface area contributed by atoms with Crippen molar-refractivity contribution in [3.05, 3.63) is 34.3 Å². The van der Waals surface area contributed by atoms with Gasteiger partial charge >= 0.3 is 5.97 Å². The highest BCUT2D eigenvalue weighted by molar-refractivity contribution is 9.10. The summed E-state index contributed by atoms with van der Waals surface area (Å²) >= 11 is 3.22. The van der Waals surface area contributed by atoms with Gasteiger partial charge in [-0.25, -0.2) is 4.79 Å². The van der Waals surface area contributed by atoms with Gasteiger partial charge in [0.25, 0.3) is 5.78 Å². The fourth-order valence-electron chi connectivity index (χ4n) is 1.08. The second-order valence-corrected chi connectivity index (χ2v) is 5.17. The first-order valence-corrected chi connectivity index (χ1v) is 5.63. The highest BCUT2D eigenvalue weighted by Gasteiger charge is 2.25. The van der Waals surface area contributed by atoms with Crippen LogP contribution in [0.3, 0.4) is 0 Å². The van der Waals surface area contributed by atoms with E-state index in [-0.39, 0.29) is 0 Å². The van der Waals surface area contributed by atoms with Gasteiger partial charge in [0.1, 0.15) is 5.60 Å². The molecule has 0 heterocycles. The van der Waals surface area contributed by atoms with Crippen molar-refractivity contribution in [2.45, 2.75) is 26.4 Å². The fourth-order valence-corrected chi connectivity index (χ4v) is 1.54. The molecular formula is C12H13BrO3. The van der Waals surface area contributed by atoms with Crippen LogP contribution in [0.2, 0.25) is 0 Å². The van der Waals surface area contributed by atoms with Crippen molar-refractivity contribution in [3.63, 3.8) is 0 Å². The Bertz CT molecular complexity index is 419. The van der Waals surface area contributed by atoms with Crippen LogP contribution in [0, 0.1) is 0 Å². The van der Waals surface area contributed by atoms with E-state index < -0.39 is 17.4 Å². The predicted molar refractivity (Wildman–Crippen MR) is 64.3 cm³/mol. The Balaban J connectivity index is 2.88. The third kappa shape index (κ3) is 3.45. The van der Waals surface area contributed by atoms with Crippen LogP contribution >= 0.6 is 15.9 Å². The zero-order chi connectivity index (χ0) is 12.3. The van der Waals surface area contributed by atoms with Crippen molar-refractivity contribution < 1.29 is 14.3 Å². The van der Waals surface area contributed by atoms with Crippen molar-refractivity contribution in [2.75, 3.05) is 0 Å². The maximum absolute atomic E-state index is 11.7. The van der Waals surface area contributed by atoms with Crippen LogP contribution in [-0.2, 0) is 9.53 Å². The smallest absolute Gasteiger partial charge is 0.380 e. The van der Waals surface area contributed by atoms with Crippen LogP contribution in [0.5, 0.6) is 0 Å². The Morgan fingerprint density at radius 3 is 2.25 bits per heavy atom. The fraction of sp³-hybridized carbons (Fsp3) is 0.333. The van der Waals surface area contributed by atoms with Gasteiger partial charge in [0.15, 0.2) is 0 Å². The molecule has 0 aliphatic heterocycles. The van der Waals surface area contributed by atoms with Gasteiger partial charge < -0.3 is 4.74 Å². The molecule has 0 bridgehead atoms. The molecule has 0 aliphatic carbocycles. The Labute approximate surface area is 103 Å². The maximum atomic E-state index is 11.7. The first-order chi connectivity index (χ1) is 7.31. The largest absolute Gasteiger partial charge is 0.454 e. The Morgan fingerprint density at radius 2 is 1.75 bits per heavy atom. The predicted octanol–water partition coefficient (Wildman–Crippen LogP) is 2.97. The molecule has 0 unspecified atom stereocenters. The summed E-state index contributed by atoms with van der Waals surface area (Å²) in [7, 11) is 0. The molecular weight excluding hydrogens is 272 g/mol. The molecule has 1 aromatic rings. The molecule has 0 amide bonds. The number of halogens is 1. The molecule has 0 aliphatic rings. The third-order valence-corrected chi connectivity index (χ3v) is 2.39. The molecule has 16 heavy (non-hydrogen) atoms. The van der Waals surface area contributed by atoms with Crippen LogP contribution < -0.4 is 0 Å². The summed E-state index contributed by atoms with van der Waals surface area (Å²) < 4.78 is 5.59. The molecule has 86 valence electrons. The number of ketones is 1. The van der Waals surface area contributed by atoms with Crippen molar-refractivity contribution in [3.8, 4) is 0 Å². The van der Waals surface area contributed by atoms with Crippen molar-refractivity contribution in [2.24, 2.45) is 0 Å². The normalized spacial score (nSPS) is 11.0. The van der Waals surface area contributed by atoms with E-state index in [1.165, 1.54) is 0 Å². The highest BCUT2D eigenvalue weighted by Crippen LogP contribution is 2.18. The number of ether oxygens (including phenoxy) is 1. The Morgan fingerprint density at radius 1 is 1.19 bits per heavy atom. The molecule has 4 heteroatoms. The molecule has 0 N–H and O–H groups in total. The first kappa shape index (κ1) is 12.9. The van der Waals surface area contributed by atoms with E-state index in [1.807, 2.05) is 0 Å².